The number of aryl methyl sites for hydroxylation is 2. The number of guanidine groups is 1. The van der Waals surface area contributed by atoms with E-state index in [0.717, 1.165) is 48.7 Å². The Labute approximate surface area is 189 Å². The van der Waals surface area contributed by atoms with E-state index in [1.807, 2.05) is 42.8 Å². The zero-order valence-electron chi connectivity index (χ0n) is 17.3. The lowest BCUT2D eigenvalue weighted by Crippen LogP contribution is -2.47. The van der Waals surface area contributed by atoms with Gasteiger partial charge in [0.2, 0.25) is 0 Å². The Kier molecular flexibility index (Phi) is 9.31. The second kappa shape index (κ2) is 11.5. The number of aromatic nitrogens is 3. The molecule has 2 unspecified atom stereocenters. The summed E-state index contributed by atoms with van der Waals surface area (Å²) in [7, 11) is 1.65. The number of rotatable bonds is 7. The molecule has 1 aromatic carbocycles. The number of methoxy groups -OCH3 is 1. The molecule has 8 nitrogen and oxygen atoms in total. The summed E-state index contributed by atoms with van der Waals surface area (Å²) >= 11 is 0. The maximum absolute atomic E-state index is 10.5. The molecule has 2 heterocycles. The van der Waals surface area contributed by atoms with E-state index in [9.17, 15) is 5.11 Å². The predicted octanol–water partition coefficient (Wildman–Crippen LogP) is 1.95. The second-order valence-corrected chi connectivity index (χ2v) is 7.09. The van der Waals surface area contributed by atoms with Crippen LogP contribution in [0.5, 0.6) is 0 Å². The molecular formula is C20H31IN6O2. The van der Waals surface area contributed by atoms with Gasteiger partial charge in [0.15, 0.2) is 11.8 Å². The molecule has 2 atom stereocenters. The minimum absolute atomic E-state index is 0. The summed E-state index contributed by atoms with van der Waals surface area (Å²) in [6, 6.07) is 8.10. The van der Waals surface area contributed by atoms with Crippen molar-refractivity contribution >= 4 is 29.9 Å². The number of nitrogens with one attached hydrogen (secondary N) is 2. The molecule has 1 aliphatic heterocycles. The first-order chi connectivity index (χ1) is 13.6. The molecule has 3 rings (SSSR count). The van der Waals surface area contributed by atoms with Gasteiger partial charge in [-0.25, -0.2) is 9.67 Å². The maximum atomic E-state index is 10.5. The van der Waals surface area contributed by atoms with E-state index in [1.54, 1.807) is 7.11 Å². The molecule has 160 valence electrons. The second-order valence-electron chi connectivity index (χ2n) is 7.09. The van der Waals surface area contributed by atoms with E-state index in [2.05, 4.69) is 25.7 Å². The van der Waals surface area contributed by atoms with Crippen molar-refractivity contribution in [3.63, 3.8) is 0 Å². The van der Waals surface area contributed by atoms with Crippen LogP contribution in [0.2, 0.25) is 0 Å². The third-order valence-electron chi connectivity index (χ3n) is 4.71. The first kappa shape index (κ1) is 23.6. The highest BCUT2D eigenvalue weighted by molar-refractivity contribution is 14.0. The fourth-order valence-corrected chi connectivity index (χ4v) is 3.34. The van der Waals surface area contributed by atoms with Gasteiger partial charge in [0.25, 0.3) is 0 Å². The highest BCUT2D eigenvalue weighted by Crippen LogP contribution is 2.15. The molecule has 0 bridgehead atoms. The normalized spacial score (nSPS) is 17.2. The van der Waals surface area contributed by atoms with E-state index >= 15 is 0 Å². The highest BCUT2D eigenvalue weighted by atomic mass is 127. The predicted molar refractivity (Wildman–Crippen MR) is 124 cm³/mol. The van der Waals surface area contributed by atoms with Crippen molar-refractivity contribution in [2.45, 2.75) is 52.0 Å². The number of aliphatic imine (C=N–C) groups is 1. The quantitative estimate of drug-likeness (QED) is 0.297. The summed E-state index contributed by atoms with van der Waals surface area (Å²) in [6.45, 7) is 6.27. The SMILES string of the molecule is CCNC(=NCC(O)c1cccc(C)c1)NC1CCc2nc(COC)nn2C1.I. The van der Waals surface area contributed by atoms with Crippen LogP contribution in [0.1, 0.15) is 42.2 Å². The molecule has 29 heavy (non-hydrogen) atoms. The van der Waals surface area contributed by atoms with Crippen LogP contribution in [0.25, 0.3) is 0 Å². The maximum Gasteiger partial charge on any atom is 0.191 e. The fraction of sp³-hybridized carbons (Fsp3) is 0.550. The van der Waals surface area contributed by atoms with Crippen molar-refractivity contribution in [2.24, 2.45) is 4.99 Å². The van der Waals surface area contributed by atoms with Crippen LogP contribution in [0.15, 0.2) is 29.3 Å². The lowest BCUT2D eigenvalue weighted by Gasteiger charge is -2.25. The molecule has 0 aliphatic carbocycles. The zero-order chi connectivity index (χ0) is 19.9. The molecule has 1 aromatic heterocycles. The molecule has 0 saturated heterocycles. The zero-order valence-corrected chi connectivity index (χ0v) is 19.6. The van der Waals surface area contributed by atoms with Crippen LogP contribution >= 0.6 is 24.0 Å². The van der Waals surface area contributed by atoms with E-state index in [1.165, 1.54) is 0 Å². The van der Waals surface area contributed by atoms with Crippen LogP contribution in [-0.4, -0.2) is 52.1 Å². The number of aliphatic hydroxyl groups is 1. The Bertz CT molecular complexity index is 810. The van der Waals surface area contributed by atoms with Gasteiger partial charge in [-0.3, -0.25) is 4.99 Å². The summed E-state index contributed by atoms with van der Waals surface area (Å²) in [5, 5.41) is 21.7. The third-order valence-corrected chi connectivity index (χ3v) is 4.71. The summed E-state index contributed by atoms with van der Waals surface area (Å²) in [5.41, 5.74) is 2.01. The van der Waals surface area contributed by atoms with Crippen LogP contribution in [0, 0.1) is 6.92 Å². The number of benzene rings is 1. The molecule has 0 spiro atoms. The number of nitrogens with zero attached hydrogens (tertiary/aromatic N) is 4. The van der Waals surface area contributed by atoms with Crippen molar-refractivity contribution in [3.8, 4) is 0 Å². The standard InChI is InChI=1S/C20H30N6O2.HI/c1-4-21-20(22-11-17(27)15-7-5-6-14(2)10-15)23-16-8-9-19-24-18(13-28-3)25-26(19)12-16;/h5-7,10,16-17,27H,4,8-9,11-13H2,1-3H3,(H2,21,22,23);1H. The van der Waals surface area contributed by atoms with E-state index in [0.29, 0.717) is 19.1 Å². The van der Waals surface area contributed by atoms with Crippen molar-refractivity contribution < 1.29 is 9.84 Å². The Morgan fingerprint density at radius 2 is 2.28 bits per heavy atom. The lowest BCUT2D eigenvalue weighted by atomic mass is 10.1. The summed E-state index contributed by atoms with van der Waals surface area (Å²) in [6.07, 6.45) is 1.19. The van der Waals surface area contributed by atoms with E-state index < -0.39 is 6.10 Å². The van der Waals surface area contributed by atoms with Gasteiger partial charge in [-0.1, -0.05) is 29.8 Å². The van der Waals surface area contributed by atoms with Gasteiger partial charge in [-0.2, -0.15) is 5.10 Å². The third kappa shape index (κ3) is 6.65. The van der Waals surface area contributed by atoms with Crippen LogP contribution in [0.4, 0.5) is 0 Å². The minimum Gasteiger partial charge on any atom is -0.386 e. The lowest BCUT2D eigenvalue weighted by molar-refractivity contribution is 0.177. The monoisotopic (exact) mass is 514 g/mol. The largest absolute Gasteiger partial charge is 0.386 e. The molecule has 3 N–H and O–H groups in total. The van der Waals surface area contributed by atoms with E-state index in [4.69, 9.17) is 4.74 Å². The Morgan fingerprint density at radius 1 is 1.45 bits per heavy atom. The van der Waals surface area contributed by atoms with Crippen LogP contribution < -0.4 is 10.6 Å². The van der Waals surface area contributed by atoms with E-state index in [-0.39, 0.29) is 30.0 Å². The molecular weight excluding hydrogens is 483 g/mol. The molecule has 0 fully saturated rings. The van der Waals surface area contributed by atoms with Gasteiger partial charge < -0.3 is 20.5 Å². The van der Waals surface area contributed by atoms with Gasteiger partial charge in [-0.15, -0.1) is 24.0 Å². The van der Waals surface area contributed by atoms with Gasteiger partial charge in [0, 0.05) is 26.1 Å². The van der Waals surface area contributed by atoms with Gasteiger partial charge in [-0.05, 0) is 25.8 Å². The van der Waals surface area contributed by atoms with Crippen LogP contribution in [0.3, 0.4) is 0 Å². The van der Waals surface area contributed by atoms with Gasteiger partial charge >= 0.3 is 0 Å². The van der Waals surface area contributed by atoms with Crippen molar-refractivity contribution in [2.75, 3.05) is 20.2 Å². The highest BCUT2D eigenvalue weighted by Gasteiger charge is 2.22. The first-order valence-electron chi connectivity index (χ1n) is 9.80. The van der Waals surface area contributed by atoms with Crippen molar-refractivity contribution in [1.82, 2.24) is 25.4 Å². The fourth-order valence-electron chi connectivity index (χ4n) is 3.34. The number of fused-ring (bicyclic) bond motifs is 1. The van der Waals surface area contributed by atoms with Crippen molar-refractivity contribution in [1.29, 1.82) is 0 Å². The Morgan fingerprint density at radius 3 is 3.00 bits per heavy atom. The molecule has 2 aromatic rings. The van der Waals surface area contributed by atoms with Gasteiger partial charge in [0.05, 0.1) is 19.2 Å². The minimum atomic E-state index is -0.625. The molecule has 0 radical (unpaired) electrons. The number of hydrogen-bond acceptors (Lipinski definition) is 5. The summed E-state index contributed by atoms with van der Waals surface area (Å²) in [4.78, 5) is 9.09. The van der Waals surface area contributed by atoms with Gasteiger partial charge in [0.1, 0.15) is 12.4 Å². The molecule has 0 amide bonds. The topological polar surface area (TPSA) is 96.6 Å². The molecule has 0 saturated carbocycles. The van der Waals surface area contributed by atoms with Crippen LogP contribution in [-0.2, 0) is 24.3 Å². The Hall–Kier alpha value is -1.72. The number of ether oxygens (including phenoxy) is 1. The average Bonchev–Trinajstić information content (AvgIpc) is 3.08. The number of halogens is 1. The summed E-state index contributed by atoms with van der Waals surface area (Å²) < 4.78 is 7.07. The van der Waals surface area contributed by atoms with Crippen molar-refractivity contribution in [3.05, 3.63) is 47.0 Å². The average molecular weight is 514 g/mol. The smallest absolute Gasteiger partial charge is 0.191 e. The molecule has 1 aliphatic rings. The molecule has 9 heteroatoms. The first-order valence-corrected chi connectivity index (χ1v) is 9.80. The number of aliphatic hydroxyl groups excluding tert-OH is 1. The Balaban J connectivity index is 0.00000300. The number of hydrogen-bond donors (Lipinski definition) is 3. The summed E-state index contributed by atoms with van der Waals surface area (Å²) in [5.74, 6) is 2.43.